The zero-order chi connectivity index (χ0) is 14.4. The molecule has 0 heterocycles. The van der Waals surface area contributed by atoms with Crippen molar-refractivity contribution in [3.63, 3.8) is 0 Å². The molecule has 20 heavy (non-hydrogen) atoms. The quantitative estimate of drug-likeness (QED) is 0.474. The molecular weight excluding hydrogens is 302 g/mol. The molecule has 0 saturated heterocycles. The molecular formula is C12H18ClN3O3S. The first-order valence-electron chi connectivity index (χ1n) is 5.85. The van der Waals surface area contributed by atoms with Crippen LogP contribution in [0.1, 0.15) is 13.8 Å². The van der Waals surface area contributed by atoms with E-state index in [0.29, 0.717) is 6.54 Å². The SMILES string of the molecule is CC(Sc1ccc([N+](=O)[O-])cc1)C(=O)N[C@@H](C)CN.Cl. The van der Waals surface area contributed by atoms with Gasteiger partial charge in [-0.2, -0.15) is 0 Å². The highest BCUT2D eigenvalue weighted by Gasteiger charge is 2.16. The van der Waals surface area contributed by atoms with Gasteiger partial charge in [-0.1, -0.05) is 0 Å². The first-order valence-corrected chi connectivity index (χ1v) is 6.73. The molecule has 8 heteroatoms. The molecule has 0 spiro atoms. The molecule has 0 aliphatic carbocycles. The Morgan fingerprint density at radius 2 is 1.95 bits per heavy atom. The molecule has 0 aliphatic rings. The number of nitro benzene ring substituents is 1. The number of carbonyl (C=O) groups excluding carboxylic acids is 1. The van der Waals surface area contributed by atoms with Gasteiger partial charge in [0.05, 0.1) is 10.2 Å². The van der Waals surface area contributed by atoms with Gasteiger partial charge in [0.1, 0.15) is 0 Å². The lowest BCUT2D eigenvalue weighted by atomic mass is 10.3. The molecule has 112 valence electrons. The third-order valence-corrected chi connectivity index (χ3v) is 3.58. The third kappa shape index (κ3) is 5.77. The summed E-state index contributed by atoms with van der Waals surface area (Å²) in [4.78, 5) is 22.7. The van der Waals surface area contributed by atoms with E-state index >= 15 is 0 Å². The Labute approximate surface area is 128 Å². The van der Waals surface area contributed by atoms with Crippen molar-refractivity contribution in [2.24, 2.45) is 5.73 Å². The molecule has 0 bridgehead atoms. The highest BCUT2D eigenvalue weighted by atomic mass is 35.5. The fourth-order valence-corrected chi connectivity index (χ4v) is 2.20. The van der Waals surface area contributed by atoms with Crippen LogP contribution in [0.5, 0.6) is 0 Å². The molecule has 1 aromatic rings. The van der Waals surface area contributed by atoms with Gasteiger partial charge in [-0.15, -0.1) is 24.2 Å². The van der Waals surface area contributed by atoms with Gasteiger partial charge in [0, 0.05) is 29.6 Å². The predicted molar refractivity (Wildman–Crippen MR) is 82.3 cm³/mol. The van der Waals surface area contributed by atoms with Crippen LogP contribution in [-0.2, 0) is 4.79 Å². The van der Waals surface area contributed by atoms with Crippen LogP contribution >= 0.6 is 24.2 Å². The fraction of sp³-hybridized carbons (Fsp3) is 0.417. The van der Waals surface area contributed by atoms with Gasteiger partial charge in [-0.3, -0.25) is 14.9 Å². The second-order valence-corrected chi connectivity index (χ2v) is 5.57. The van der Waals surface area contributed by atoms with E-state index in [9.17, 15) is 14.9 Å². The molecule has 1 unspecified atom stereocenters. The standard InChI is InChI=1S/C12H17N3O3S.ClH/c1-8(7-13)14-12(16)9(2)19-11-5-3-10(4-6-11)15(17)18;/h3-6,8-9H,7,13H2,1-2H3,(H,14,16);1H/t8-,9?;/m0./s1. The van der Waals surface area contributed by atoms with Crippen molar-refractivity contribution in [2.75, 3.05) is 6.54 Å². The maximum absolute atomic E-state index is 11.8. The van der Waals surface area contributed by atoms with Gasteiger partial charge in [0.2, 0.25) is 5.91 Å². The normalized spacial score (nSPS) is 12.9. The maximum Gasteiger partial charge on any atom is 0.269 e. The number of benzene rings is 1. The van der Waals surface area contributed by atoms with Crippen LogP contribution in [-0.4, -0.2) is 28.7 Å². The van der Waals surface area contributed by atoms with Crippen LogP contribution in [0.4, 0.5) is 5.69 Å². The summed E-state index contributed by atoms with van der Waals surface area (Å²) < 4.78 is 0. The average molecular weight is 320 g/mol. The minimum absolute atomic E-state index is 0. The summed E-state index contributed by atoms with van der Waals surface area (Å²) in [5, 5.41) is 13.0. The summed E-state index contributed by atoms with van der Waals surface area (Å²) in [6.07, 6.45) is 0. The molecule has 0 radical (unpaired) electrons. The Morgan fingerprint density at radius 3 is 2.40 bits per heavy atom. The highest BCUT2D eigenvalue weighted by Crippen LogP contribution is 2.25. The van der Waals surface area contributed by atoms with Gasteiger partial charge >= 0.3 is 0 Å². The van der Waals surface area contributed by atoms with Crippen LogP contribution in [0.2, 0.25) is 0 Å². The molecule has 0 fully saturated rings. The number of rotatable bonds is 6. The monoisotopic (exact) mass is 319 g/mol. The van der Waals surface area contributed by atoms with Crippen molar-refractivity contribution in [3.05, 3.63) is 34.4 Å². The van der Waals surface area contributed by atoms with Gasteiger partial charge in [-0.25, -0.2) is 0 Å². The van der Waals surface area contributed by atoms with E-state index < -0.39 is 4.92 Å². The highest BCUT2D eigenvalue weighted by molar-refractivity contribution is 8.00. The Balaban J connectivity index is 0.00000361. The van der Waals surface area contributed by atoms with Crippen molar-refractivity contribution >= 4 is 35.8 Å². The van der Waals surface area contributed by atoms with Gasteiger partial charge < -0.3 is 11.1 Å². The summed E-state index contributed by atoms with van der Waals surface area (Å²) in [5.74, 6) is -0.0960. The fourth-order valence-electron chi connectivity index (χ4n) is 1.32. The first kappa shape index (κ1) is 18.7. The summed E-state index contributed by atoms with van der Waals surface area (Å²) in [5.41, 5.74) is 5.47. The van der Waals surface area contributed by atoms with Crippen LogP contribution in [0.25, 0.3) is 0 Å². The van der Waals surface area contributed by atoms with Crippen LogP contribution in [0, 0.1) is 10.1 Å². The van der Waals surface area contributed by atoms with Gasteiger partial charge in [-0.05, 0) is 26.0 Å². The zero-order valence-corrected chi connectivity index (χ0v) is 12.9. The smallest absolute Gasteiger partial charge is 0.269 e. The lowest BCUT2D eigenvalue weighted by Gasteiger charge is -2.15. The third-order valence-electron chi connectivity index (χ3n) is 2.47. The van der Waals surface area contributed by atoms with Crippen molar-refractivity contribution in [1.82, 2.24) is 5.32 Å². The molecule has 2 atom stereocenters. The second kappa shape index (κ2) is 8.78. The second-order valence-electron chi connectivity index (χ2n) is 4.16. The number of nitrogens with two attached hydrogens (primary N) is 1. The minimum atomic E-state index is -0.451. The van der Waals surface area contributed by atoms with Crippen LogP contribution in [0.3, 0.4) is 0 Å². The van der Waals surface area contributed by atoms with Crippen molar-refractivity contribution in [1.29, 1.82) is 0 Å². The number of hydrogen-bond donors (Lipinski definition) is 2. The van der Waals surface area contributed by atoms with Gasteiger partial charge in [0.25, 0.3) is 5.69 Å². The topological polar surface area (TPSA) is 98.3 Å². The van der Waals surface area contributed by atoms with E-state index in [-0.39, 0.29) is 35.3 Å². The largest absolute Gasteiger partial charge is 0.351 e. The molecule has 0 aliphatic heterocycles. The number of nitrogens with zero attached hydrogens (tertiary/aromatic N) is 1. The Hall–Kier alpha value is -1.31. The van der Waals surface area contributed by atoms with E-state index in [0.717, 1.165) is 4.90 Å². The number of hydrogen-bond acceptors (Lipinski definition) is 5. The number of non-ortho nitro benzene ring substituents is 1. The summed E-state index contributed by atoms with van der Waals surface area (Å²) in [7, 11) is 0. The molecule has 6 nitrogen and oxygen atoms in total. The van der Waals surface area contributed by atoms with E-state index in [4.69, 9.17) is 5.73 Å². The van der Waals surface area contributed by atoms with Crippen molar-refractivity contribution in [3.8, 4) is 0 Å². The number of amides is 1. The molecule has 3 N–H and O–H groups in total. The molecule has 1 amide bonds. The minimum Gasteiger partial charge on any atom is -0.351 e. The van der Waals surface area contributed by atoms with Crippen molar-refractivity contribution in [2.45, 2.75) is 30.0 Å². The van der Waals surface area contributed by atoms with E-state index in [1.54, 1.807) is 19.1 Å². The number of halogens is 1. The Bertz CT molecular complexity index is 456. The molecule has 0 saturated carbocycles. The van der Waals surface area contributed by atoms with Crippen LogP contribution in [0.15, 0.2) is 29.2 Å². The van der Waals surface area contributed by atoms with Gasteiger partial charge in [0.15, 0.2) is 0 Å². The lowest BCUT2D eigenvalue weighted by molar-refractivity contribution is -0.384. The van der Waals surface area contributed by atoms with E-state index in [2.05, 4.69) is 5.32 Å². The molecule has 1 aromatic carbocycles. The number of carbonyl (C=O) groups is 1. The van der Waals surface area contributed by atoms with E-state index in [1.807, 2.05) is 6.92 Å². The maximum atomic E-state index is 11.8. The summed E-state index contributed by atoms with van der Waals surface area (Å²) in [6.45, 7) is 4.01. The van der Waals surface area contributed by atoms with Crippen molar-refractivity contribution < 1.29 is 9.72 Å². The Kier molecular flexibility index (Phi) is 8.21. The average Bonchev–Trinajstić information content (AvgIpc) is 2.38. The predicted octanol–water partition coefficient (Wildman–Crippen LogP) is 1.96. The molecule has 1 rings (SSSR count). The summed E-state index contributed by atoms with van der Waals surface area (Å²) in [6, 6.07) is 6.07. The number of nitro groups is 1. The van der Waals surface area contributed by atoms with Crippen LogP contribution < -0.4 is 11.1 Å². The summed E-state index contributed by atoms with van der Waals surface area (Å²) >= 11 is 1.35. The lowest BCUT2D eigenvalue weighted by Crippen LogP contribution is -2.41. The number of thioether (sulfide) groups is 1. The number of nitrogens with one attached hydrogen (secondary N) is 1. The zero-order valence-electron chi connectivity index (χ0n) is 11.2. The van der Waals surface area contributed by atoms with E-state index in [1.165, 1.54) is 23.9 Å². The molecule has 0 aromatic heterocycles. The Morgan fingerprint density at radius 1 is 1.40 bits per heavy atom. The first-order chi connectivity index (χ1) is 8.93.